The van der Waals surface area contributed by atoms with Crippen molar-refractivity contribution in [2.45, 2.75) is 13.1 Å². The maximum atomic E-state index is 13.4. The number of ether oxygens (including phenoxy) is 4. The molecule has 9 nitrogen and oxygen atoms in total. The molecule has 9 heteroatoms. The summed E-state index contributed by atoms with van der Waals surface area (Å²) in [7, 11) is 3.15. The van der Waals surface area contributed by atoms with Crippen LogP contribution in [0.1, 0.15) is 11.1 Å². The van der Waals surface area contributed by atoms with Crippen molar-refractivity contribution in [2.24, 2.45) is 0 Å². The molecule has 5 aromatic rings. The topological polar surface area (TPSA) is 93.8 Å². The Labute approximate surface area is 217 Å². The van der Waals surface area contributed by atoms with Crippen molar-refractivity contribution in [2.75, 3.05) is 27.4 Å². The van der Waals surface area contributed by atoms with Gasteiger partial charge in [0, 0.05) is 12.4 Å². The Kier molecular flexibility index (Phi) is 5.95. The Balaban J connectivity index is 1.36. The van der Waals surface area contributed by atoms with E-state index in [9.17, 15) is 9.59 Å². The highest BCUT2D eigenvalue weighted by atomic mass is 16.6. The lowest BCUT2D eigenvalue weighted by molar-refractivity contribution is 0.171. The van der Waals surface area contributed by atoms with Gasteiger partial charge in [-0.3, -0.25) is 9.59 Å². The molecule has 0 saturated carbocycles. The van der Waals surface area contributed by atoms with Crippen LogP contribution in [-0.2, 0) is 13.1 Å². The molecule has 6 rings (SSSR count). The third kappa shape index (κ3) is 4.21. The minimum atomic E-state index is -0.228. The molecule has 4 heterocycles. The van der Waals surface area contributed by atoms with E-state index >= 15 is 0 Å². The molecular weight excluding hydrogens is 486 g/mol. The zero-order chi connectivity index (χ0) is 26.2. The Bertz CT molecular complexity index is 1700. The summed E-state index contributed by atoms with van der Waals surface area (Å²) in [4.78, 5) is 31.4. The Morgan fingerprint density at radius 1 is 0.711 bits per heavy atom. The fraction of sp³-hybridized carbons (Fsp3) is 0.207. The number of hydrogen-bond acceptors (Lipinski definition) is 7. The van der Waals surface area contributed by atoms with E-state index in [1.807, 2.05) is 30.3 Å². The maximum absolute atomic E-state index is 13.4. The van der Waals surface area contributed by atoms with Crippen LogP contribution in [0, 0.1) is 0 Å². The molecule has 0 amide bonds. The molecule has 38 heavy (non-hydrogen) atoms. The highest BCUT2D eigenvalue weighted by Gasteiger charge is 2.14. The van der Waals surface area contributed by atoms with Crippen LogP contribution in [0.25, 0.3) is 21.8 Å². The molecule has 0 saturated heterocycles. The summed E-state index contributed by atoms with van der Waals surface area (Å²) in [6.07, 6.45) is 3.43. The van der Waals surface area contributed by atoms with Gasteiger partial charge in [0.15, 0.2) is 23.0 Å². The molecule has 3 aromatic heterocycles. The largest absolute Gasteiger partial charge is 0.493 e. The first kappa shape index (κ1) is 23.6. The second-order valence-electron chi connectivity index (χ2n) is 9.02. The summed E-state index contributed by atoms with van der Waals surface area (Å²) in [5.41, 5.74) is 2.41. The highest BCUT2D eigenvalue weighted by molar-refractivity contribution is 5.91. The standard InChI is InChI=1S/C29H25N3O6/c1-35-24-5-3-18(13-26(24)36-2)16-31-9-7-22-20(28(31)33)15-21-23(30-22)8-10-32(29(21)34)17-19-4-6-25-27(14-19)38-12-11-37-25/h3-10,13-15H,11-12,16-17H2,1-2H3. The summed E-state index contributed by atoms with van der Waals surface area (Å²) in [6, 6.07) is 16.4. The second kappa shape index (κ2) is 9.59. The van der Waals surface area contributed by atoms with Crippen LogP contribution >= 0.6 is 0 Å². The monoisotopic (exact) mass is 511 g/mol. The molecule has 0 N–H and O–H groups in total. The summed E-state index contributed by atoms with van der Waals surface area (Å²) >= 11 is 0. The van der Waals surface area contributed by atoms with E-state index in [1.165, 1.54) is 0 Å². The summed E-state index contributed by atoms with van der Waals surface area (Å²) in [6.45, 7) is 1.69. The first-order chi connectivity index (χ1) is 18.5. The van der Waals surface area contributed by atoms with Crippen LogP contribution in [-0.4, -0.2) is 41.6 Å². The lowest BCUT2D eigenvalue weighted by Gasteiger charge is -2.19. The number of nitrogens with zero attached hydrogens (tertiary/aromatic N) is 3. The molecule has 1 aliphatic heterocycles. The normalized spacial score (nSPS) is 12.6. The van der Waals surface area contributed by atoms with E-state index in [4.69, 9.17) is 18.9 Å². The number of aromatic nitrogens is 3. The van der Waals surface area contributed by atoms with Gasteiger partial charge < -0.3 is 28.1 Å². The van der Waals surface area contributed by atoms with Gasteiger partial charge in [0.05, 0.1) is 49.1 Å². The molecule has 0 fully saturated rings. The fourth-order valence-electron chi connectivity index (χ4n) is 4.71. The molecule has 0 atom stereocenters. The average molecular weight is 512 g/mol. The van der Waals surface area contributed by atoms with Gasteiger partial charge in [0.25, 0.3) is 11.1 Å². The second-order valence-corrected chi connectivity index (χ2v) is 9.02. The van der Waals surface area contributed by atoms with E-state index in [0.29, 0.717) is 71.1 Å². The van der Waals surface area contributed by atoms with Crippen molar-refractivity contribution in [1.29, 1.82) is 0 Å². The first-order valence-corrected chi connectivity index (χ1v) is 12.2. The van der Waals surface area contributed by atoms with Crippen molar-refractivity contribution in [3.63, 3.8) is 0 Å². The van der Waals surface area contributed by atoms with Gasteiger partial charge in [0.1, 0.15) is 13.2 Å². The van der Waals surface area contributed by atoms with Crippen LogP contribution in [0.3, 0.4) is 0 Å². The Hall–Kier alpha value is -4.79. The molecule has 1 aliphatic rings. The van der Waals surface area contributed by atoms with E-state index in [-0.39, 0.29) is 11.1 Å². The van der Waals surface area contributed by atoms with Crippen LogP contribution in [0.4, 0.5) is 0 Å². The van der Waals surface area contributed by atoms with Gasteiger partial charge in [-0.25, -0.2) is 4.98 Å². The predicted molar refractivity (Wildman–Crippen MR) is 143 cm³/mol. The predicted octanol–water partition coefficient (Wildman–Crippen LogP) is 3.60. The number of fused-ring (bicyclic) bond motifs is 3. The maximum Gasteiger partial charge on any atom is 0.260 e. The highest BCUT2D eigenvalue weighted by Crippen LogP contribution is 2.31. The Morgan fingerprint density at radius 2 is 1.29 bits per heavy atom. The number of benzene rings is 2. The minimum absolute atomic E-state index is 0.221. The van der Waals surface area contributed by atoms with E-state index < -0.39 is 0 Å². The molecule has 0 aliphatic carbocycles. The Morgan fingerprint density at radius 3 is 1.92 bits per heavy atom. The first-order valence-electron chi connectivity index (χ1n) is 12.2. The number of methoxy groups -OCH3 is 2. The summed E-state index contributed by atoms with van der Waals surface area (Å²) < 4.78 is 25.1. The van der Waals surface area contributed by atoms with Crippen molar-refractivity contribution >= 4 is 21.8 Å². The minimum Gasteiger partial charge on any atom is -0.493 e. The molecule has 0 spiro atoms. The zero-order valence-electron chi connectivity index (χ0n) is 21.0. The molecular formula is C29H25N3O6. The smallest absolute Gasteiger partial charge is 0.260 e. The van der Waals surface area contributed by atoms with Crippen molar-refractivity contribution in [3.8, 4) is 23.0 Å². The van der Waals surface area contributed by atoms with Crippen molar-refractivity contribution < 1.29 is 18.9 Å². The summed E-state index contributed by atoms with van der Waals surface area (Å²) in [5.74, 6) is 2.58. The van der Waals surface area contributed by atoms with E-state index in [0.717, 1.165) is 11.1 Å². The van der Waals surface area contributed by atoms with E-state index in [2.05, 4.69) is 4.98 Å². The van der Waals surface area contributed by atoms with Gasteiger partial charge in [0.2, 0.25) is 0 Å². The van der Waals surface area contributed by atoms with Crippen LogP contribution in [0.15, 0.2) is 76.6 Å². The van der Waals surface area contributed by atoms with Crippen molar-refractivity contribution in [1.82, 2.24) is 14.1 Å². The third-order valence-corrected chi connectivity index (χ3v) is 6.65. The number of hydrogen-bond donors (Lipinski definition) is 0. The molecule has 0 bridgehead atoms. The van der Waals surface area contributed by atoms with Gasteiger partial charge in [-0.1, -0.05) is 12.1 Å². The molecule has 0 radical (unpaired) electrons. The van der Waals surface area contributed by atoms with E-state index in [1.54, 1.807) is 60.0 Å². The quantitative estimate of drug-likeness (QED) is 0.322. The van der Waals surface area contributed by atoms with Crippen molar-refractivity contribution in [3.05, 3.63) is 98.8 Å². The van der Waals surface area contributed by atoms with Gasteiger partial charge in [-0.2, -0.15) is 0 Å². The van der Waals surface area contributed by atoms with Crippen LogP contribution in [0.2, 0.25) is 0 Å². The fourth-order valence-corrected chi connectivity index (χ4v) is 4.71. The lowest BCUT2D eigenvalue weighted by atomic mass is 10.1. The molecule has 2 aromatic carbocycles. The number of rotatable bonds is 6. The van der Waals surface area contributed by atoms with Gasteiger partial charge in [-0.05, 0) is 53.6 Å². The van der Waals surface area contributed by atoms with Gasteiger partial charge in [-0.15, -0.1) is 0 Å². The average Bonchev–Trinajstić information content (AvgIpc) is 2.95. The zero-order valence-corrected chi connectivity index (χ0v) is 21.0. The lowest BCUT2D eigenvalue weighted by Crippen LogP contribution is -2.23. The van der Waals surface area contributed by atoms with Crippen LogP contribution in [0.5, 0.6) is 23.0 Å². The molecule has 192 valence electrons. The summed E-state index contributed by atoms with van der Waals surface area (Å²) in [5, 5.41) is 0.771. The number of pyridine rings is 3. The third-order valence-electron chi connectivity index (χ3n) is 6.65. The SMILES string of the molecule is COc1ccc(Cn2ccc3nc4ccn(Cc5ccc6c(c5)OCCO6)c(=O)c4cc3c2=O)cc1OC. The molecule has 0 unspecified atom stereocenters. The van der Waals surface area contributed by atoms with Crippen LogP contribution < -0.4 is 30.1 Å². The van der Waals surface area contributed by atoms with Gasteiger partial charge >= 0.3 is 0 Å².